The first-order valence-electron chi connectivity index (χ1n) is 12.2. The minimum atomic E-state index is -3.44. The predicted octanol–water partition coefficient (Wildman–Crippen LogP) is 3.54. The van der Waals surface area contributed by atoms with E-state index < -0.39 is 10.0 Å². The third kappa shape index (κ3) is 5.91. The summed E-state index contributed by atoms with van der Waals surface area (Å²) >= 11 is 0. The molecule has 7 nitrogen and oxygen atoms in total. The molecule has 184 valence electrons. The van der Waals surface area contributed by atoms with Crippen molar-refractivity contribution >= 4 is 21.6 Å². The maximum absolute atomic E-state index is 12.9. The summed E-state index contributed by atoms with van der Waals surface area (Å²) in [6.45, 7) is 4.18. The van der Waals surface area contributed by atoms with Crippen LogP contribution < -0.4 is 9.64 Å². The van der Waals surface area contributed by atoms with E-state index in [0.29, 0.717) is 43.9 Å². The van der Waals surface area contributed by atoms with E-state index in [9.17, 15) is 13.2 Å². The summed E-state index contributed by atoms with van der Waals surface area (Å²) in [5, 5.41) is 0. The Morgan fingerprint density at radius 2 is 1.56 bits per heavy atom. The molecule has 0 unspecified atom stereocenters. The fourth-order valence-electron chi connectivity index (χ4n) is 4.69. The van der Waals surface area contributed by atoms with E-state index in [-0.39, 0.29) is 5.91 Å². The molecule has 34 heavy (non-hydrogen) atoms. The molecule has 0 aromatic heterocycles. The van der Waals surface area contributed by atoms with E-state index in [1.54, 1.807) is 23.5 Å². The Morgan fingerprint density at radius 1 is 0.882 bits per heavy atom. The van der Waals surface area contributed by atoms with Gasteiger partial charge in [-0.15, -0.1) is 0 Å². The maximum atomic E-state index is 12.9. The zero-order valence-electron chi connectivity index (χ0n) is 20.0. The Labute approximate surface area is 203 Å². The first kappa shape index (κ1) is 24.5. The maximum Gasteiger partial charge on any atom is 0.243 e. The lowest BCUT2D eigenvalue weighted by atomic mass is 10.1. The Balaban J connectivity index is 1.27. The van der Waals surface area contributed by atoms with Crippen LogP contribution in [-0.4, -0.2) is 69.9 Å². The largest absolute Gasteiger partial charge is 0.497 e. The van der Waals surface area contributed by atoms with Crippen molar-refractivity contribution in [1.82, 2.24) is 9.21 Å². The van der Waals surface area contributed by atoms with Gasteiger partial charge < -0.3 is 14.5 Å². The topological polar surface area (TPSA) is 70.2 Å². The Morgan fingerprint density at radius 3 is 2.21 bits per heavy atom. The van der Waals surface area contributed by atoms with Crippen molar-refractivity contribution in [2.24, 2.45) is 0 Å². The third-order valence-corrected chi connectivity index (χ3v) is 8.72. The first-order chi connectivity index (χ1) is 16.5. The van der Waals surface area contributed by atoms with Gasteiger partial charge in [0, 0.05) is 57.4 Å². The summed E-state index contributed by atoms with van der Waals surface area (Å²) in [6.07, 6.45) is 5.07. The second-order valence-electron chi connectivity index (χ2n) is 9.03. The predicted molar refractivity (Wildman–Crippen MR) is 134 cm³/mol. The van der Waals surface area contributed by atoms with E-state index in [1.807, 2.05) is 35.2 Å². The number of carbonyl (C=O) groups is 1. The number of aryl methyl sites for hydroxylation is 1. The van der Waals surface area contributed by atoms with Crippen LogP contribution in [0, 0.1) is 0 Å². The third-order valence-electron chi connectivity index (χ3n) is 6.80. The summed E-state index contributed by atoms with van der Waals surface area (Å²) in [5.74, 6) is 0.979. The molecule has 2 aromatic rings. The van der Waals surface area contributed by atoms with Gasteiger partial charge in [-0.1, -0.05) is 31.0 Å². The zero-order valence-corrected chi connectivity index (χ0v) is 20.8. The number of anilines is 1. The Hall–Kier alpha value is -2.58. The van der Waals surface area contributed by atoms with Crippen LogP contribution in [0.2, 0.25) is 0 Å². The van der Waals surface area contributed by atoms with Crippen molar-refractivity contribution in [1.29, 1.82) is 0 Å². The highest BCUT2D eigenvalue weighted by molar-refractivity contribution is 7.89. The molecule has 0 saturated carbocycles. The lowest BCUT2D eigenvalue weighted by molar-refractivity contribution is -0.131. The number of hydrogen-bond donors (Lipinski definition) is 0. The van der Waals surface area contributed by atoms with Crippen LogP contribution >= 0.6 is 0 Å². The SMILES string of the molecule is COc1cccc(N2CCN(C(=O)CCc3ccc(S(=O)(=O)N4CCCCCC4)cc3)CC2)c1. The number of nitrogens with zero attached hydrogens (tertiary/aromatic N) is 3. The van der Waals surface area contributed by atoms with Gasteiger partial charge in [-0.2, -0.15) is 4.31 Å². The number of benzene rings is 2. The van der Waals surface area contributed by atoms with Gasteiger partial charge in [0.15, 0.2) is 0 Å². The van der Waals surface area contributed by atoms with Gasteiger partial charge in [0.25, 0.3) is 0 Å². The minimum Gasteiger partial charge on any atom is -0.497 e. The highest BCUT2D eigenvalue weighted by Gasteiger charge is 2.25. The summed E-state index contributed by atoms with van der Waals surface area (Å²) in [4.78, 5) is 17.3. The lowest BCUT2D eigenvalue weighted by Crippen LogP contribution is -2.48. The molecule has 2 aliphatic rings. The van der Waals surface area contributed by atoms with E-state index in [1.165, 1.54) is 0 Å². The molecule has 2 saturated heterocycles. The van der Waals surface area contributed by atoms with Gasteiger partial charge in [0.2, 0.25) is 15.9 Å². The molecule has 0 bridgehead atoms. The van der Waals surface area contributed by atoms with Gasteiger partial charge in [0.1, 0.15) is 5.75 Å². The zero-order chi connectivity index (χ0) is 24.0. The summed E-state index contributed by atoms with van der Waals surface area (Å²) in [6, 6.07) is 15.1. The molecular formula is C26H35N3O4S. The van der Waals surface area contributed by atoms with Crippen LogP contribution in [0.4, 0.5) is 5.69 Å². The van der Waals surface area contributed by atoms with Gasteiger partial charge >= 0.3 is 0 Å². The molecule has 0 spiro atoms. The smallest absolute Gasteiger partial charge is 0.243 e. The minimum absolute atomic E-state index is 0.145. The fraction of sp³-hybridized carbons (Fsp3) is 0.500. The summed E-state index contributed by atoms with van der Waals surface area (Å²) in [7, 11) is -1.77. The second-order valence-corrected chi connectivity index (χ2v) is 11.0. The average Bonchev–Trinajstić information content (AvgIpc) is 3.18. The van der Waals surface area contributed by atoms with Crippen LogP contribution in [0.1, 0.15) is 37.7 Å². The number of piperazine rings is 1. The first-order valence-corrected chi connectivity index (χ1v) is 13.7. The van der Waals surface area contributed by atoms with Crippen molar-refractivity contribution in [3.8, 4) is 5.75 Å². The fourth-order valence-corrected chi connectivity index (χ4v) is 6.21. The number of carbonyl (C=O) groups excluding carboxylic acids is 1. The molecule has 2 aliphatic heterocycles. The van der Waals surface area contributed by atoms with E-state index >= 15 is 0 Å². The highest BCUT2D eigenvalue weighted by Crippen LogP contribution is 2.23. The van der Waals surface area contributed by atoms with Crippen molar-refractivity contribution < 1.29 is 17.9 Å². The molecule has 0 atom stereocenters. The van der Waals surface area contributed by atoms with Crippen molar-refractivity contribution in [2.45, 2.75) is 43.4 Å². The van der Waals surface area contributed by atoms with Crippen molar-refractivity contribution in [2.75, 3.05) is 51.3 Å². The van der Waals surface area contributed by atoms with Gasteiger partial charge in [-0.25, -0.2) is 8.42 Å². The standard InChI is InChI=1S/C26H35N3O4S/c1-33-24-8-6-7-23(21-24)27-17-19-28(20-18-27)26(30)14-11-22-9-12-25(13-10-22)34(31,32)29-15-4-2-3-5-16-29/h6-10,12-13,21H,2-5,11,14-20H2,1H3. The van der Waals surface area contributed by atoms with Crippen LogP contribution in [0.25, 0.3) is 0 Å². The van der Waals surface area contributed by atoms with Crippen LogP contribution in [0.5, 0.6) is 5.75 Å². The van der Waals surface area contributed by atoms with E-state index in [4.69, 9.17) is 4.74 Å². The van der Waals surface area contributed by atoms with Crippen LogP contribution in [-0.2, 0) is 21.2 Å². The van der Waals surface area contributed by atoms with Gasteiger partial charge in [-0.3, -0.25) is 4.79 Å². The molecular weight excluding hydrogens is 450 g/mol. The van der Waals surface area contributed by atoms with Crippen LogP contribution in [0.15, 0.2) is 53.4 Å². The lowest BCUT2D eigenvalue weighted by Gasteiger charge is -2.36. The Kier molecular flexibility index (Phi) is 8.11. The number of amides is 1. The molecule has 2 fully saturated rings. The van der Waals surface area contributed by atoms with Gasteiger partial charge in [-0.05, 0) is 49.1 Å². The summed E-state index contributed by atoms with van der Waals surface area (Å²) in [5.41, 5.74) is 2.10. The van der Waals surface area contributed by atoms with Crippen molar-refractivity contribution in [3.05, 3.63) is 54.1 Å². The molecule has 0 radical (unpaired) electrons. The number of methoxy groups -OCH3 is 1. The van der Waals surface area contributed by atoms with Crippen LogP contribution in [0.3, 0.4) is 0 Å². The molecule has 4 rings (SSSR count). The number of ether oxygens (including phenoxy) is 1. The van der Waals surface area contributed by atoms with Gasteiger partial charge in [0.05, 0.1) is 12.0 Å². The molecule has 2 heterocycles. The van der Waals surface area contributed by atoms with E-state index in [0.717, 1.165) is 55.8 Å². The molecule has 0 aliphatic carbocycles. The monoisotopic (exact) mass is 485 g/mol. The van der Waals surface area contributed by atoms with E-state index in [2.05, 4.69) is 11.0 Å². The number of rotatable bonds is 7. The molecule has 1 amide bonds. The molecule has 2 aromatic carbocycles. The normalized spacial score (nSPS) is 17.9. The summed E-state index contributed by atoms with van der Waals surface area (Å²) < 4.78 is 32.8. The average molecular weight is 486 g/mol. The number of hydrogen-bond acceptors (Lipinski definition) is 5. The quantitative estimate of drug-likeness (QED) is 0.600. The number of sulfonamides is 1. The second kappa shape index (κ2) is 11.2. The highest BCUT2D eigenvalue weighted by atomic mass is 32.2. The van der Waals surface area contributed by atoms with Crippen molar-refractivity contribution in [3.63, 3.8) is 0 Å². The molecule has 8 heteroatoms. The molecule has 0 N–H and O–H groups in total. The Bertz CT molecular complexity index is 1060.